The topological polar surface area (TPSA) is 84.8 Å². The fraction of sp³-hybridized carbons (Fsp3) is 0. The minimum atomic E-state index is 0.198. The van der Waals surface area contributed by atoms with E-state index in [1.165, 1.54) is 18.5 Å². The van der Waals surface area contributed by atoms with E-state index in [4.69, 9.17) is 15.7 Å². The monoisotopic (exact) mass is 290 g/mol. The van der Waals surface area contributed by atoms with E-state index < -0.39 is 0 Å². The van der Waals surface area contributed by atoms with Crippen molar-refractivity contribution in [1.82, 2.24) is 9.97 Å². The first-order chi connectivity index (χ1) is 8.20. The minimum Gasteiger partial charge on any atom is -0.435 e. The number of ether oxygens (including phenoxy) is 1. The number of pyridine rings is 2. The number of rotatable bonds is 2. The molecular weight excluding hydrogens is 284 g/mol. The van der Waals surface area contributed by atoms with Crippen LogP contribution in [0.1, 0.15) is 5.56 Å². The molecular formula is C11H7BrN4O. The fourth-order valence-electron chi connectivity index (χ4n) is 1.19. The van der Waals surface area contributed by atoms with Crippen molar-refractivity contribution in [2.45, 2.75) is 0 Å². The summed E-state index contributed by atoms with van der Waals surface area (Å²) >= 11 is 3.28. The molecule has 0 radical (unpaired) electrons. The molecule has 0 fully saturated rings. The van der Waals surface area contributed by atoms with Crippen molar-refractivity contribution in [2.75, 3.05) is 5.73 Å². The van der Waals surface area contributed by atoms with Gasteiger partial charge in [0.15, 0.2) is 0 Å². The van der Waals surface area contributed by atoms with Crippen LogP contribution in [0.4, 0.5) is 5.69 Å². The second-order valence-corrected chi connectivity index (χ2v) is 4.05. The summed E-state index contributed by atoms with van der Waals surface area (Å²) in [6.45, 7) is 0. The van der Waals surface area contributed by atoms with E-state index in [1.54, 1.807) is 12.3 Å². The number of anilines is 1. The van der Waals surface area contributed by atoms with E-state index >= 15 is 0 Å². The van der Waals surface area contributed by atoms with Crippen LogP contribution in [-0.4, -0.2) is 9.97 Å². The molecule has 0 saturated carbocycles. The third kappa shape index (κ3) is 2.52. The summed E-state index contributed by atoms with van der Waals surface area (Å²) in [6, 6.07) is 5.22. The van der Waals surface area contributed by atoms with Gasteiger partial charge in [-0.3, -0.25) is 4.98 Å². The molecule has 2 aromatic rings. The van der Waals surface area contributed by atoms with Crippen LogP contribution >= 0.6 is 15.9 Å². The molecule has 17 heavy (non-hydrogen) atoms. The zero-order valence-electron chi connectivity index (χ0n) is 8.59. The van der Waals surface area contributed by atoms with Crippen molar-refractivity contribution in [3.05, 3.63) is 40.8 Å². The highest BCUT2D eigenvalue weighted by Crippen LogP contribution is 2.27. The first-order valence-corrected chi connectivity index (χ1v) is 5.43. The van der Waals surface area contributed by atoms with Gasteiger partial charge in [-0.15, -0.1) is 0 Å². The normalized spacial score (nSPS) is 9.65. The van der Waals surface area contributed by atoms with Crippen molar-refractivity contribution in [2.24, 2.45) is 0 Å². The highest BCUT2D eigenvalue weighted by molar-refractivity contribution is 9.10. The summed E-state index contributed by atoms with van der Waals surface area (Å²) in [6.07, 6.45) is 4.63. The number of halogens is 1. The predicted molar refractivity (Wildman–Crippen MR) is 65.4 cm³/mol. The SMILES string of the molecule is N#Cc1ccnc(Oc2cncc(Br)c2)c1N. The Morgan fingerprint density at radius 3 is 2.94 bits per heavy atom. The summed E-state index contributed by atoms with van der Waals surface area (Å²) in [4.78, 5) is 7.92. The van der Waals surface area contributed by atoms with Gasteiger partial charge in [-0.05, 0) is 28.1 Å². The zero-order valence-corrected chi connectivity index (χ0v) is 10.2. The van der Waals surface area contributed by atoms with Crippen molar-refractivity contribution < 1.29 is 4.74 Å². The van der Waals surface area contributed by atoms with Crippen LogP contribution in [0.2, 0.25) is 0 Å². The second-order valence-electron chi connectivity index (χ2n) is 3.13. The quantitative estimate of drug-likeness (QED) is 0.918. The molecule has 6 heteroatoms. The number of nitrogens with zero attached hydrogens (tertiary/aromatic N) is 3. The van der Waals surface area contributed by atoms with Crippen LogP contribution in [0.3, 0.4) is 0 Å². The molecule has 0 bridgehead atoms. The molecule has 0 aromatic carbocycles. The van der Waals surface area contributed by atoms with Gasteiger partial charge in [-0.2, -0.15) is 5.26 Å². The van der Waals surface area contributed by atoms with Crippen LogP contribution in [0, 0.1) is 11.3 Å². The Kier molecular flexibility index (Phi) is 3.21. The first-order valence-electron chi connectivity index (χ1n) is 4.63. The Hall–Kier alpha value is -2.13. The number of nitriles is 1. The lowest BCUT2D eigenvalue weighted by atomic mass is 10.2. The lowest BCUT2D eigenvalue weighted by Gasteiger charge is -2.07. The molecule has 2 N–H and O–H groups in total. The van der Waals surface area contributed by atoms with E-state index in [0.717, 1.165) is 4.47 Å². The van der Waals surface area contributed by atoms with Crippen molar-refractivity contribution in [1.29, 1.82) is 5.26 Å². The van der Waals surface area contributed by atoms with Crippen LogP contribution in [0.25, 0.3) is 0 Å². The maximum absolute atomic E-state index is 8.82. The molecule has 2 rings (SSSR count). The Labute approximate surface area is 106 Å². The Balaban J connectivity index is 2.34. The van der Waals surface area contributed by atoms with Gasteiger partial charge >= 0.3 is 0 Å². The lowest BCUT2D eigenvalue weighted by molar-refractivity contribution is 0.463. The van der Waals surface area contributed by atoms with Crippen molar-refractivity contribution in [3.8, 4) is 17.7 Å². The van der Waals surface area contributed by atoms with Crippen LogP contribution in [0.15, 0.2) is 35.2 Å². The van der Waals surface area contributed by atoms with E-state index in [0.29, 0.717) is 11.3 Å². The molecule has 2 aromatic heterocycles. The smallest absolute Gasteiger partial charge is 0.244 e. The molecule has 0 unspecified atom stereocenters. The zero-order chi connectivity index (χ0) is 12.3. The molecule has 0 amide bonds. The van der Waals surface area contributed by atoms with Gasteiger partial charge in [0.25, 0.3) is 0 Å². The second kappa shape index (κ2) is 4.80. The average Bonchev–Trinajstić information content (AvgIpc) is 2.32. The van der Waals surface area contributed by atoms with Gasteiger partial charge in [-0.25, -0.2) is 4.98 Å². The Morgan fingerprint density at radius 2 is 2.24 bits per heavy atom. The molecule has 2 heterocycles. The largest absolute Gasteiger partial charge is 0.435 e. The summed E-state index contributed by atoms with van der Waals surface area (Å²) in [7, 11) is 0. The Bertz CT molecular complexity index is 594. The first kappa shape index (κ1) is 11.4. The van der Waals surface area contributed by atoms with Crippen LogP contribution in [0.5, 0.6) is 11.6 Å². The van der Waals surface area contributed by atoms with Gasteiger partial charge in [-0.1, -0.05) is 0 Å². The molecule has 5 nitrogen and oxygen atoms in total. The molecule has 0 aliphatic rings. The summed E-state index contributed by atoms with van der Waals surface area (Å²) in [5.41, 5.74) is 6.29. The highest BCUT2D eigenvalue weighted by Gasteiger charge is 2.08. The lowest BCUT2D eigenvalue weighted by Crippen LogP contribution is -1.97. The molecule has 0 aliphatic carbocycles. The number of hydrogen-bond acceptors (Lipinski definition) is 5. The number of aromatic nitrogens is 2. The van der Waals surface area contributed by atoms with Gasteiger partial charge in [0.2, 0.25) is 5.88 Å². The standard InChI is InChI=1S/C11H7BrN4O/c12-8-3-9(6-15-5-8)17-11-10(14)7(4-13)1-2-16-11/h1-3,5-6H,14H2. The number of nitrogens with two attached hydrogens (primary N) is 1. The maximum atomic E-state index is 8.82. The molecule has 0 saturated heterocycles. The third-order valence-electron chi connectivity index (χ3n) is 1.97. The molecule has 0 spiro atoms. The molecule has 0 atom stereocenters. The van der Waals surface area contributed by atoms with Gasteiger partial charge in [0.05, 0.1) is 11.8 Å². The average molecular weight is 291 g/mol. The van der Waals surface area contributed by atoms with Gasteiger partial charge < -0.3 is 10.5 Å². The third-order valence-corrected chi connectivity index (χ3v) is 2.40. The van der Waals surface area contributed by atoms with Gasteiger partial charge in [0.1, 0.15) is 17.5 Å². The van der Waals surface area contributed by atoms with E-state index in [-0.39, 0.29) is 11.6 Å². The molecule has 0 aliphatic heterocycles. The van der Waals surface area contributed by atoms with Crippen LogP contribution < -0.4 is 10.5 Å². The Morgan fingerprint density at radius 1 is 1.41 bits per heavy atom. The fourth-order valence-corrected chi connectivity index (χ4v) is 1.54. The predicted octanol–water partition coefficient (Wildman–Crippen LogP) is 2.49. The van der Waals surface area contributed by atoms with E-state index in [2.05, 4.69) is 25.9 Å². The van der Waals surface area contributed by atoms with Crippen molar-refractivity contribution >= 4 is 21.6 Å². The maximum Gasteiger partial charge on any atom is 0.244 e. The number of nitrogen functional groups attached to an aromatic ring is 1. The highest BCUT2D eigenvalue weighted by atomic mass is 79.9. The van der Waals surface area contributed by atoms with Crippen molar-refractivity contribution in [3.63, 3.8) is 0 Å². The van der Waals surface area contributed by atoms with Crippen LogP contribution in [-0.2, 0) is 0 Å². The summed E-state index contributed by atoms with van der Waals surface area (Å²) < 4.78 is 6.24. The summed E-state index contributed by atoms with van der Waals surface area (Å²) in [5, 5.41) is 8.82. The van der Waals surface area contributed by atoms with Gasteiger partial charge in [0, 0.05) is 16.9 Å². The minimum absolute atomic E-state index is 0.198. The van der Waals surface area contributed by atoms with E-state index in [9.17, 15) is 0 Å². The summed E-state index contributed by atoms with van der Waals surface area (Å²) in [5.74, 6) is 0.692. The van der Waals surface area contributed by atoms with E-state index in [1.807, 2.05) is 6.07 Å². The number of hydrogen-bond donors (Lipinski definition) is 1. The molecule has 84 valence electrons.